The number of anilines is 2. The second-order valence-electron chi connectivity index (χ2n) is 6.75. The van der Waals surface area contributed by atoms with Crippen molar-refractivity contribution in [2.75, 3.05) is 23.3 Å². The van der Waals surface area contributed by atoms with Crippen LogP contribution in [0, 0.1) is 5.92 Å². The van der Waals surface area contributed by atoms with Gasteiger partial charge in [-0.15, -0.1) is 0 Å². The fourth-order valence-electron chi connectivity index (χ4n) is 3.50. The van der Waals surface area contributed by atoms with Gasteiger partial charge in [0.1, 0.15) is 24.8 Å². The zero-order valence-electron chi connectivity index (χ0n) is 15.0. The summed E-state index contributed by atoms with van der Waals surface area (Å²) in [6, 6.07) is 1.88. The second-order valence-corrected chi connectivity index (χ2v) is 7.74. The molecular formula is C17H18N8O2S. The summed E-state index contributed by atoms with van der Waals surface area (Å²) in [6.45, 7) is 1.49. The summed E-state index contributed by atoms with van der Waals surface area (Å²) < 4.78 is 6.90. The molecule has 0 aromatic carbocycles. The zero-order valence-corrected chi connectivity index (χ0v) is 15.8. The Kier molecular flexibility index (Phi) is 4.43. The lowest BCUT2D eigenvalue weighted by Crippen LogP contribution is -2.38. The van der Waals surface area contributed by atoms with E-state index in [0.717, 1.165) is 54.5 Å². The van der Waals surface area contributed by atoms with Gasteiger partial charge in [-0.3, -0.25) is 10.1 Å². The third-order valence-corrected chi connectivity index (χ3v) is 6.04. The molecule has 2 aliphatic rings. The first-order valence-electron chi connectivity index (χ1n) is 9.06. The van der Waals surface area contributed by atoms with E-state index in [9.17, 15) is 4.79 Å². The molecule has 0 saturated carbocycles. The van der Waals surface area contributed by atoms with Gasteiger partial charge in [-0.2, -0.15) is 16.9 Å². The quantitative estimate of drug-likeness (QED) is 0.700. The number of carbonyl (C=O) groups is 1. The average molecular weight is 398 g/mol. The molecule has 0 aliphatic carbocycles. The first kappa shape index (κ1) is 17.2. The van der Waals surface area contributed by atoms with Gasteiger partial charge in [-0.1, -0.05) is 5.16 Å². The number of aromatic nitrogens is 6. The molecule has 1 saturated heterocycles. The first-order valence-corrected chi connectivity index (χ1v) is 10.2. The highest BCUT2D eigenvalue weighted by Gasteiger charge is 2.29. The summed E-state index contributed by atoms with van der Waals surface area (Å²) in [5, 5.41) is 11.1. The van der Waals surface area contributed by atoms with Crippen LogP contribution in [0.5, 0.6) is 0 Å². The van der Waals surface area contributed by atoms with Crippen LogP contribution in [0.1, 0.15) is 24.1 Å². The Balaban J connectivity index is 1.22. The highest BCUT2D eigenvalue weighted by atomic mass is 32.2. The maximum Gasteiger partial charge on any atom is 0.235 e. The van der Waals surface area contributed by atoms with Crippen LogP contribution in [0.25, 0.3) is 5.82 Å². The van der Waals surface area contributed by atoms with E-state index in [1.807, 2.05) is 6.07 Å². The lowest BCUT2D eigenvalue weighted by Gasteiger charge is -2.32. The number of thioether (sulfide) groups is 1. The van der Waals surface area contributed by atoms with Crippen molar-refractivity contribution in [3.05, 3.63) is 36.3 Å². The maximum atomic E-state index is 12.6. The molecule has 0 radical (unpaired) electrons. The molecule has 0 spiro atoms. The summed E-state index contributed by atoms with van der Waals surface area (Å²) in [6.07, 6.45) is 6.09. The van der Waals surface area contributed by atoms with E-state index in [1.165, 1.54) is 12.7 Å². The van der Waals surface area contributed by atoms with Gasteiger partial charge in [-0.05, 0) is 12.8 Å². The minimum absolute atomic E-state index is 0.00138. The van der Waals surface area contributed by atoms with Gasteiger partial charge >= 0.3 is 0 Å². The van der Waals surface area contributed by atoms with Crippen LogP contribution in [0.4, 0.5) is 11.7 Å². The van der Waals surface area contributed by atoms with Gasteiger partial charge in [0.15, 0.2) is 5.82 Å². The molecule has 3 aromatic rings. The Labute approximate surface area is 164 Å². The maximum absolute atomic E-state index is 12.6. The predicted molar refractivity (Wildman–Crippen MR) is 102 cm³/mol. The van der Waals surface area contributed by atoms with Gasteiger partial charge in [0.2, 0.25) is 11.8 Å². The van der Waals surface area contributed by atoms with Crippen molar-refractivity contribution in [2.45, 2.75) is 24.3 Å². The van der Waals surface area contributed by atoms with Crippen molar-refractivity contribution in [1.82, 2.24) is 29.9 Å². The topological polar surface area (TPSA) is 115 Å². The molecule has 2 aliphatic heterocycles. The molecule has 11 heteroatoms. The highest BCUT2D eigenvalue weighted by Crippen LogP contribution is 2.35. The molecular weight excluding hydrogens is 380 g/mol. The number of nitrogens with zero attached hydrogens (tertiary/aromatic N) is 7. The van der Waals surface area contributed by atoms with Crippen molar-refractivity contribution in [2.24, 2.45) is 5.92 Å². The molecule has 5 heterocycles. The average Bonchev–Trinajstić information content (AvgIpc) is 3.48. The highest BCUT2D eigenvalue weighted by molar-refractivity contribution is 7.98. The fraction of sp³-hybridized carbons (Fsp3) is 0.412. The van der Waals surface area contributed by atoms with Gasteiger partial charge < -0.3 is 9.42 Å². The molecule has 0 unspecified atom stereocenters. The molecule has 28 heavy (non-hydrogen) atoms. The SMILES string of the molecule is O=C(Nc1onc2c1CSC2)C1CCN(c2cc(-n3cncn3)ncn2)CC1. The van der Waals surface area contributed by atoms with Crippen LogP contribution in [-0.2, 0) is 16.3 Å². The fourth-order valence-corrected chi connectivity index (χ4v) is 4.52. The number of carbonyl (C=O) groups excluding carboxylic acids is 1. The van der Waals surface area contributed by atoms with Crippen molar-refractivity contribution in [3.63, 3.8) is 0 Å². The predicted octanol–water partition coefficient (Wildman–Crippen LogP) is 1.65. The molecule has 1 amide bonds. The van der Waals surface area contributed by atoms with E-state index < -0.39 is 0 Å². The first-order chi connectivity index (χ1) is 13.8. The van der Waals surface area contributed by atoms with Crippen LogP contribution in [0.15, 0.2) is 29.6 Å². The largest absolute Gasteiger partial charge is 0.356 e. The lowest BCUT2D eigenvalue weighted by atomic mass is 9.96. The normalized spacial score (nSPS) is 16.9. The monoisotopic (exact) mass is 398 g/mol. The number of rotatable bonds is 4. The van der Waals surface area contributed by atoms with Gasteiger partial charge in [0, 0.05) is 36.6 Å². The molecule has 144 valence electrons. The standard InChI is InChI=1S/C17H18N8O2S/c26-16(22-17-12-6-28-7-13(12)23-27-17)11-1-3-24(4-2-11)14-5-15(20-9-19-14)25-10-18-8-21-25/h5,8-11H,1-4,6-7H2,(H,22,26). The molecule has 1 N–H and O–H groups in total. The Bertz CT molecular complexity index is 981. The smallest absolute Gasteiger partial charge is 0.235 e. The number of piperidine rings is 1. The van der Waals surface area contributed by atoms with E-state index in [2.05, 4.69) is 35.4 Å². The Morgan fingerprint density at radius 2 is 2.04 bits per heavy atom. The molecule has 0 atom stereocenters. The molecule has 3 aromatic heterocycles. The summed E-state index contributed by atoms with van der Waals surface area (Å²) in [7, 11) is 0. The molecule has 1 fully saturated rings. The van der Waals surface area contributed by atoms with Crippen molar-refractivity contribution >= 4 is 29.4 Å². The third kappa shape index (κ3) is 3.21. The molecule has 5 rings (SSSR count). The number of nitrogens with one attached hydrogen (secondary N) is 1. The third-order valence-electron chi connectivity index (χ3n) is 5.07. The van der Waals surface area contributed by atoms with E-state index in [0.29, 0.717) is 11.7 Å². The number of amides is 1. The lowest BCUT2D eigenvalue weighted by molar-refractivity contribution is -0.120. The van der Waals surface area contributed by atoms with Crippen LogP contribution in [0.2, 0.25) is 0 Å². The van der Waals surface area contributed by atoms with Crippen LogP contribution in [0.3, 0.4) is 0 Å². The summed E-state index contributed by atoms with van der Waals surface area (Å²) >= 11 is 1.78. The Morgan fingerprint density at radius 1 is 1.18 bits per heavy atom. The van der Waals surface area contributed by atoms with E-state index in [4.69, 9.17) is 4.52 Å². The molecule has 10 nitrogen and oxygen atoms in total. The number of hydrogen-bond acceptors (Lipinski definition) is 9. The van der Waals surface area contributed by atoms with Gasteiger partial charge in [0.25, 0.3) is 0 Å². The Hall–Kier alpha value is -2.95. The second kappa shape index (κ2) is 7.23. The van der Waals surface area contributed by atoms with Gasteiger partial charge in [-0.25, -0.2) is 19.6 Å². The number of hydrogen-bond donors (Lipinski definition) is 1. The number of fused-ring (bicyclic) bond motifs is 1. The van der Waals surface area contributed by atoms with E-state index in [-0.39, 0.29) is 11.8 Å². The minimum atomic E-state index is -0.0531. The van der Waals surface area contributed by atoms with E-state index in [1.54, 1.807) is 22.8 Å². The summed E-state index contributed by atoms with van der Waals surface area (Å²) in [4.78, 5) is 27.4. The zero-order chi connectivity index (χ0) is 18.9. The Morgan fingerprint density at radius 3 is 2.86 bits per heavy atom. The summed E-state index contributed by atoms with van der Waals surface area (Å²) in [5.41, 5.74) is 1.97. The summed E-state index contributed by atoms with van der Waals surface area (Å²) in [5.74, 6) is 3.64. The molecule has 0 bridgehead atoms. The van der Waals surface area contributed by atoms with E-state index >= 15 is 0 Å². The van der Waals surface area contributed by atoms with Crippen LogP contribution < -0.4 is 10.2 Å². The van der Waals surface area contributed by atoms with Crippen molar-refractivity contribution in [3.8, 4) is 5.82 Å². The van der Waals surface area contributed by atoms with Crippen LogP contribution in [-0.4, -0.2) is 48.9 Å². The van der Waals surface area contributed by atoms with Crippen molar-refractivity contribution < 1.29 is 9.32 Å². The van der Waals surface area contributed by atoms with Crippen molar-refractivity contribution in [1.29, 1.82) is 0 Å². The van der Waals surface area contributed by atoms with Gasteiger partial charge in [0.05, 0.1) is 11.3 Å². The minimum Gasteiger partial charge on any atom is -0.356 e. The van der Waals surface area contributed by atoms with Crippen LogP contribution >= 0.6 is 11.8 Å².